The Morgan fingerprint density at radius 3 is 1.93 bits per heavy atom. The monoisotopic (exact) mass is 674 g/mol. The summed E-state index contributed by atoms with van der Waals surface area (Å²) in [5.74, 6) is -0.236. The summed E-state index contributed by atoms with van der Waals surface area (Å²) in [6.45, 7) is 0. The molecule has 3 fully saturated rings. The van der Waals surface area contributed by atoms with Crippen molar-refractivity contribution < 1.29 is 57.1 Å². The van der Waals surface area contributed by atoms with Crippen LogP contribution in [0.15, 0.2) is 23.8 Å². The number of aromatic nitrogens is 8. The average molecular weight is 674 g/mol. The lowest BCUT2D eigenvalue weighted by Gasteiger charge is -2.28. The fourth-order valence-electron chi connectivity index (χ4n) is 5.15. The lowest BCUT2D eigenvalue weighted by molar-refractivity contribution is -0.178. The topological polar surface area (TPSA) is 330 Å². The SMILES string of the molecule is Nc1nc2c(ncn2[C@@H]2O[C@@H]3OCP(=O)(O)OC4[C@@H](OCP(=O)(O)OC3[C@@H]2O)O[C@@H](n2cnc3c(N)ncnc32)[C@H]4O)c(=O)[nH]1. The van der Waals surface area contributed by atoms with E-state index in [0.717, 1.165) is 17.2 Å². The second kappa shape index (κ2) is 10.8. The molecule has 7 heterocycles. The highest BCUT2D eigenvalue weighted by molar-refractivity contribution is 7.52. The van der Waals surface area contributed by atoms with Gasteiger partial charge in [0.25, 0.3) is 5.56 Å². The Bertz CT molecular complexity index is 1940. The molecule has 23 nitrogen and oxygen atoms in total. The molecule has 4 unspecified atom stereocenters. The third-order valence-electron chi connectivity index (χ3n) is 7.10. The van der Waals surface area contributed by atoms with Crippen LogP contribution in [0.4, 0.5) is 11.8 Å². The molecule has 9 N–H and O–H groups in total. The van der Waals surface area contributed by atoms with Gasteiger partial charge in [0, 0.05) is 0 Å². The molecule has 0 aliphatic carbocycles. The van der Waals surface area contributed by atoms with Crippen molar-refractivity contribution in [3.05, 3.63) is 29.3 Å². The number of nitrogens with two attached hydrogens (primary N) is 2. The smallest absolute Gasteiger partial charge is 0.354 e. The molecule has 3 aliphatic heterocycles. The van der Waals surface area contributed by atoms with Crippen molar-refractivity contribution in [2.24, 2.45) is 0 Å². The normalized spacial score (nSPS) is 37.7. The van der Waals surface area contributed by atoms with E-state index in [0.29, 0.717) is 0 Å². The van der Waals surface area contributed by atoms with Crippen LogP contribution in [-0.2, 0) is 37.1 Å². The Hall–Kier alpha value is -3.44. The van der Waals surface area contributed by atoms with E-state index in [1.165, 1.54) is 10.9 Å². The molecule has 45 heavy (non-hydrogen) atoms. The number of rotatable bonds is 2. The minimum Gasteiger partial charge on any atom is -0.385 e. The van der Waals surface area contributed by atoms with Crippen LogP contribution >= 0.6 is 15.2 Å². The first-order valence-electron chi connectivity index (χ1n) is 12.9. The van der Waals surface area contributed by atoms with Gasteiger partial charge >= 0.3 is 15.2 Å². The summed E-state index contributed by atoms with van der Waals surface area (Å²) in [5, 5.41) is 22.2. The van der Waals surface area contributed by atoms with Crippen molar-refractivity contribution >= 4 is 49.3 Å². The van der Waals surface area contributed by atoms with E-state index in [1.807, 2.05) is 0 Å². The van der Waals surface area contributed by atoms with Gasteiger partial charge < -0.3 is 50.4 Å². The maximum atomic E-state index is 13.2. The zero-order valence-electron chi connectivity index (χ0n) is 22.4. The predicted molar refractivity (Wildman–Crippen MR) is 143 cm³/mol. The van der Waals surface area contributed by atoms with Gasteiger partial charge in [0.15, 0.2) is 60.4 Å². The highest BCUT2D eigenvalue weighted by Crippen LogP contribution is 2.53. The van der Waals surface area contributed by atoms with Crippen molar-refractivity contribution in [2.45, 2.75) is 49.5 Å². The molecule has 4 aromatic heterocycles. The zero-order chi connectivity index (χ0) is 31.8. The number of nitrogens with one attached hydrogen (secondary N) is 1. The van der Waals surface area contributed by atoms with Gasteiger partial charge in [-0.25, -0.2) is 19.9 Å². The van der Waals surface area contributed by atoms with Crippen molar-refractivity contribution in [3.8, 4) is 0 Å². The number of fused-ring (bicyclic) bond motifs is 4. The number of nitrogen functional groups attached to an aromatic ring is 2. The molecule has 0 spiro atoms. The van der Waals surface area contributed by atoms with E-state index in [2.05, 4.69) is 29.9 Å². The number of aliphatic hydroxyl groups is 2. The highest BCUT2D eigenvalue weighted by Gasteiger charge is 2.54. The standard InChI is InChI=1S/C20H24N10O13P2/c21-12-6-13(24-1-23-12)29(2-25-6)16-8(31)10-18(40-16)38-4-45(36,37)43-11-9(32)17(41-19(11)39-5-44(34,35)42-10)30-3-26-7-14(30)27-20(22)28-15(7)33/h1-3,8-11,16-19,31-32H,4-5H2,(H,34,35)(H,36,37)(H2,21,23,24)(H3,22,27,28,33)/t8-,9-,10?,11?,16+,17+,18-,19-/m0/s1. The fraction of sp³-hybridized carbons (Fsp3) is 0.500. The Labute approximate surface area is 248 Å². The van der Waals surface area contributed by atoms with Crippen molar-refractivity contribution in [2.75, 3.05) is 24.2 Å². The number of anilines is 2. The zero-order valence-corrected chi connectivity index (χ0v) is 24.2. The molecule has 0 aromatic carbocycles. The second-order valence-corrected chi connectivity index (χ2v) is 13.6. The number of imidazole rings is 2. The van der Waals surface area contributed by atoms with Crippen LogP contribution in [0.25, 0.3) is 22.3 Å². The van der Waals surface area contributed by atoms with E-state index < -0.39 is 82.9 Å². The van der Waals surface area contributed by atoms with Crippen LogP contribution in [-0.4, -0.2) is 109 Å². The number of ether oxygens (including phenoxy) is 4. The summed E-state index contributed by atoms with van der Waals surface area (Å²) in [5.41, 5.74) is 10.8. The van der Waals surface area contributed by atoms with Gasteiger partial charge in [0.05, 0.1) is 12.7 Å². The number of H-pyrrole nitrogens is 1. The molecule has 3 aliphatic rings. The van der Waals surface area contributed by atoms with Crippen LogP contribution in [0.5, 0.6) is 0 Å². The second-order valence-electron chi connectivity index (χ2n) is 10.1. The summed E-state index contributed by atoms with van der Waals surface area (Å²) in [6.07, 6.45) is -12.1. The van der Waals surface area contributed by atoms with E-state index >= 15 is 0 Å². The molecule has 7 rings (SSSR count). The van der Waals surface area contributed by atoms with Crippen molar-refractivity contribution in [1.82, 2.24) is 39.0 Å². The van der Waals surface area contributed by atoms with Gasteiger partial charge in [0.2, 0.25) is 5.95 Å². The number of nitrogens with zero attached hydrogens (tertiary/aromatic N) is 7. The quantitative estimate of drug-likeness (QED) is 0.109. The Morgan fingerprint density at radius 2 is 1.36 bits per heavy atom. The van der Waals surface area contributed by atoms with E-state index in [4.69, 9.17) is 39.5 Å². The minimum atomic E-state index is -4.80. The number of aromatic amines is 1. The number of hydrogen-bond donors (Lipinski definition) is 7. The van der Waals surface area contributed by atoms with Gasteiger partial charge in [-0.05, 0) is 0 Å². The molecule has 242 valence electrons. The van der Waals surface area contributed by atoms with Crippen LogP contribution < -0.4 is 17.0 Å². The van der Waals surface area contributed by atoms with Crippen LogP contribution in [0.2, 0.25) is 0 Å². The Balaban J connectivity index is 1.17. The molecule has 0 amide bonds. The van der Waals surface area contributed by atoms with E-state index in [-0.39, 0.29) is 34.1 Å². The Morgan fingerprint density at radius 1 is 0.822 bits per heavy atom. The van der Waals surface area contributed by atoms with Gasteiger partial charge in [-0.2, -0.15) is 4.98 Å². The van der Waals surface area contributed by atoms with Gasteiger partial charge in [-0.15, -0.1) is 0 Å². The molecule has 10 atom stereocenters. The first-order valence-corrected chi connectivity index (χ1v) is 16.4. The predicted octanol–water partition coefficient (Wildman–Crippen LogP) is -2.34. The van der Waals surface area contributed by atoms with Crippen molar-refractivity contribution in [3.63, 3.8) is 0 Å². The fourth-order valence-corrected chi connectivity index (χ4v) is 7.15. The third-order valence-corrected chi connectivity index (χ3v) is 9.20. The average Bonchev–Trinajstić information content (AvgIpc) is 3.72. The first-order chi connectivity index (χ1) is 21.3. The summed E-state index contributed by atoms with van der Waals surface area (Å²) >= 11 is 0. The molecular weight excluding hydrogens is 650 g/mol. The molecule has 3 saturated heterocycles. The lowest BCUT2D eigenvalue weighted by Crippen LogP contribution is -2.38. The molecule has 4 aromatic rings. The highest BCUT2D eigenvalue weighted by atomic mass is 31.2. The molecular formula is C20H24N10O13P2. The maximum absolute atomic E-state index is 13.2. The molecule has 0 saturated carbocycles. The number of aliphatic hydroxyl groups excluding tert-OH is 2. The van der Waals surface area contributed by atoms with Crippen LogP contribution in [0.3, 0.4) is 0 Å². The number of hydrogen-bond acceptors (Lipinski definition) is 18. The lowest BCUT2D eigenvalue weighted by atomic mass is 10.2. The van der Waals surface area contributed by atoms with Gasteiger partial charge in [0.1, 0.15) is 36.3 Å². The van der Waals surface area contributed by atoms with E-state index in [1.54, 1.807) is 0 Å². The summed E-state index contributed by atoms with van der Waals surface area (Å²) < 4.78 is 61.6. The van der Waals surface area contributed by atoms with Gasteiger partial charge in [-0.1, -0.05) is 0 Å². The largest absolute Gasteiger partial charge is 0.385 e. The van der Waals surface area contributed by atoms with E-state index in [9.17, 15) is 33.9 Å². The summed E-state index contributed by atoms with van der Waals surface area (Å²) in [7, 11) is -9.60. The first kappa shape index (κ1) is 30.2. The molecule has 0 radical (unpaired) electrons. The maximum Gasteiger partial charge on any atom is 0.354 e. The third kappa shape index (κ3) is 5.31. The Kier molecular flexibility index (Phi) is 7.27. The van der Waals surface area contributed by atoms with Crippen LogP contribution in [0, 0.1) is 0 Å². The summed E-state index contributed by atoms with van der Waals surface area (Å²) in [4.78, 5) is 55.7. The summed E-state index contributed by atoms with van der Waals surface area (Å²) in [6, 6.07) is 0. The molecule has 0 bridgehead atoms. The van der Waals surface area contributed by atoms with Gasteiger partial charge in [-0.3, -0.25) is 37.1 Å². The van der Waals surface area contributed by atoms with Crippen LogP contribution in [0.1, 0.15) is 12.5 Å². The molecule has 25 heteroatoms. The minimum absolute atomic E-state index is 0.0353. The van der Waals surface area contributed by atoms with Crippen molar-refractivity contribution in [1.29, 1.82) is 0 Å².